The molecule has 220 valence electrons. The van der Waals surface area contributed by atoms with Gasteiger partial charge in [-0.1, -0.05) is 80.4 Å². The summed E-state index contributed by atoms with van der Waals surface area (Å²) in [4.78, 5) is 46.1. The van der Waals surface area contributed by atoms with E-state index in [1.54, 1.807) is 4.90 Å². The van der Waals surface area contributed by atoms with E-state index in [1.807, 2.05) is 90.8 Å². The fraction of sp³-hybridized carbons (Fsp3) is 0.400. The van der Waals surface area contributed by atoms with E-state index in [1.165, 1.54) is 0 Å². The molecule has 1 heterocycles. The molecular weight excluding hydrogens is 524 g/mol. The molecule has 3 aromatic rings. The van der Waals surface area contributed by atoms with Crippen LogP contribution < -0.4 is 10.2 Å². The van der Waals surface area contributed by atoms with Crippen molar-refractivity contribution in [2.45, 2.75) is 51.5 Å². The van der Waals surface area contributed by atoms with Crippen molar-refractivity contribution in [1.82, 2.24) is 9.80 Å². The van der Waals surface area contributed by atoms with Gasteiger partial charge in [0, 0.05) is 57.1 Å². The molecule has 1 saturated heterocycles. The van der Waals surface area contributed by atoms with Crippen LogP contribution in [-0.2, 0) is 16.1 Å². The Morgan fingerprint density at radius 2 is 1.52 bits per heavy atom. The maximum Gasteiger partial charge on any atom is 0.256 e. The van der Waals surface area contributed by atoms with Crippen LogP contribution in [0.4, 0.5) is 11.4 Å². The van der Waals surface area contributed by atoms with Crippen molar-refractivity contribution in [2.24, 2.45) is 5.92 Å². The number of amides is 3. The number of nitrogens with one attached hydrogen (secondary N) is 1. The molecule has 0 radical (unpaired) electrons. The summed E-state index contributed by atoms with van der Waals surface area (Å²) in [5.74, 6) is -0.0127. The van der Waals surface area contributed by atoms with E-state index in [4.69, 9.17) is 0 Å². The largest absolute Gasteiger partial charge is 0.367 e. The zero-order valence-corrected chi connectivity index (χ0v) is 24.8. The van der Waals surface area contributed by atoms with Crippen LogP contribution in [0, 0.1) is 5.92 Å². The van der Waals surface area contributed by atoms with E-state index < -0.39 is 0 Å². The second-order valence-electron chi connectivity index (χ2n) is 11.5. The highest BCUT2D eigenvalue weighted by atomic mass is 16.2. The Balaban J connectivity index is 1.34. The van der Waals surface area contributed by atoms with Crippen molar-refractivity contribution in [3.63, 3.8) is 0 Å². The number of benzene rings is 3. The van der Waals surface area contributed by atoms with Gasteiger partial charge in [0.25, 0.3) is 5.91 Å². The molecule has 2 aliphatic rings. The maximum atomic E-state index is 13.9. The predicted octanol–water partition coefficient (Wildman–Crippen LogP) is 5.93. The van der Waals surface area contributed by atoms with E-state index in [9.17, 15) is 14.4 Å². The smallest absolute Gasteiger partial charge is 0.256 e. The molecule has 1 saturated carbocycles. The first-order valence-electron chi connectivity index (χ1n) is 15.3. The van der Waals surface area contributed by atoms with Gasteiger partial charge >= 0.3 is 0 Å². The molecule has 0 unspecified atom stereocenters. The van der Waals surface area contributed by atoms with Crippen LogP contribution in [-0.4, -0.2) is 60.7 Å². The normalized spacial score (nSPS) is 16.2. The molecule has 1 aliphatic carbocycles. The van der Waals surface area contributed by atoms with Gasteiger partial charge in [-0.2, -0.15) is 0 Å². The third kappa shape index (κ3) is 6.84. The summed E-state index contributed by atoms with van der Waals surface area (Å²) in [6, 6.07) is 25.6. The van der Waals surface area contributed by atoms with E-state index in [0.29, 0.717) is 44.0 Å². The first-order valence-corrected chi connectivity index (χ1v) is 15.3. The number of rotatable bonds is 9. The van der Waals surface area contributed by atoms with E-state index in [0.717, 1.165) is 48.9 Å². The average molecular weight is 567 g/mol. The summed E-state index contributed by atoms with van der Waals surface area (Å²) >= 11 is 0. The number of piperazine rings is 1. The van der Waals surface area contributed by atoms with Gasteiger partial charge in [0.15, 0.2) is 0 Å². The third-order valence-corrected chi connectivity index (χ3v) is 8.67. The lowest BCUT2D eigenvalue weighted by atomic mass is 9.94. The van der Waals surface area contributed by atoms with E-state index in [2.05, 4.69) is 17.1 Å². The maximum absolute atomic E-state index is 13.9. The van der Waals surface area contributed by atoms with Gasteiger partial charge in [-0.3, -0.25) is 14.4 Å². The monoisotopic (exact) mass is 566 g/mol. The Labute approximate surface area is 249 Å². The average Bonchev–Trinajstić information content (AvgIpc) is 3.58. The Morgan fingerprint density at radius 3 is 2.17 bits per heavy atom. The molecular formula is C35H42N4O3. The summed E-state index contributed by atoms with van der Waals surface area (Å²) < 4.78 is 0. The van der Waals surface area contributed by atoms with Crippen molar-refractivity contribution in [2.75, 3.05) is 43.4 Å². The van der Waals surface area contributed by atoms with Crippen molar-refractivity contribution >= 4 is 29.1 Å². The number of carbonyl (C=O) groups is 3. The molecule has 3 aromatic carbocycles. The second kappa shape index (κ2) is 13.7. The van der Waals surface area contributed by atoms with Crippen LogP contribution in [0.3, 0.4) is 0 Å². The van der Waals surface area contributed by atoms with Crippen LogP contribution >= 0.6 is 0 Å². The van der Waals surface area contributed by atoms with Crippen molar-refractivity contribution in [3.05, 3.63) is 95.6 Å². The Hall–Kier alpha value is -4.13. The molecule has 0 aromatic heterocycles. The number of nitrogens with zero attached hydrogens (tertiary/aromatic N) is 3. The van der Waals surface area contributed by atoms with Crippen molar-refractivity contribution in [1.29, 1.82) is 0 Å². The molecule has 1 atom stereocenters. The van der Waals surface area contributed by atoms with Crippen LogP contribution in [0.25, 0.3) is 0 Å². The molecule has 0 bridgehead atoms. The topological polar surface area (TPSA) is 73.0 Å². The number of carbonyl (C=O) groups excluding carboxylic acids is 3. The minimum absolute atomic E-state index is 0.0345. The van der Waals surface area contributed by atoms with Gasteiger partial charge in [-0.15, -0.1) is 0 Å². The SMILES string of the molecule is CC[C@@H](C(=O)N1CCN(c2ccc(NC(=O)C3CCCC3)cc2C(=O)N(C)Cc2ccccc2)CC1)c1ccccc1. The summed E-state index contributed by atoms with van der Waals surface area (Å²) in [5, 5.41) is 3.07. The van der Waals surface area contributed by atoms with E-state index >= 15 is 0 Å². The first-order chi connectivity index (χ1) is 20.4. The van der Waals surface area contributed by atoms with Crippen LogP contribution in [0.5, 0.6) is 0 Å². The van der Waals surface area contributed by atoms with Gasteiger partial charge < -0.3 is 20.0 Å². The van der Waals surface area contributed by atoms with Gasteiger partial charge in [0.1, 0.15) is 0 Å². The van der Waals surface area contributed by atoms with Crippen LogP contribution in [0.1, 0.15) is 66.4 Å². The molecule has 7 nitrogen and oxygen atoms in total. The van der Waals surface area contributed by atoms with Crippen molar-refractivity contribution in [3.8, 4) is 0 Å². The van der Waals surface area contributed by atoms with Crippen LogP contribution in [0.15, 0.2) is 78.9 Å². The zero-order chi connectivity index (χ0) is 29.5. The summed E-state index contributed by atoms with van der Waals surface area (Å²) in [6.07, 6.45) is 4.76. The molecule has 7 heteroatoms. The highest BCUT2D eigenvalue weighted by molar-refractivity contribution is 6.02. The minimum Gasteiger partial charge on any atom is -0.367 e. The zero-order valence-electron chi connectivity index (χ0n) is 24.8. The Kier molecular flexibility index (Phi) is 9.57. The van der Waals surface area contributed by atoms with Gasteiger partial charge in [-0.25, -0.2) is 0 Å². The second-order valence-corrected chi connectivity index (χ2v) is 11.5. The summed E-state index contributed by atoms with van der Waals surface area (Å²) in [6.45, 7) is 4.99. The fourth-order valence-corrected chi connectivity index (χ4v) is 6.25. The first kappa shape index (κ1) is 29.4. The molecule has 3 amide bonds. The molecule has 0 spiro atoms. The quantitative estimate of drug-likeness (QED) is 0.349. The Bertz CT molecular complexity index is 1360. The highest BCUT2D eigenvalue weighted by Crippen LogP contribution is 2.30. The van der Waals surface area contributed by atoms with Gasteiger partial charge in [0.05, 0.1) is 11.5 Å². The molecule has 1 N–H and O–H groups in total. The molecule has 1 aliphatic heterocycles. The van der Waals surface area contributed by atoms with Gasteiger partial charge in [0.2, 0.25) is 11.8 Å². The summed E-state index contributed by atoms with van der Waals surface area (Å²) in [7, 11) is 1.81. The van der Waals surface area contributed by atoms with E-state index in [-0.39, 0.29) is 29.6 Å². The molecule has 5 rings (SSSR count). The highest BCUT2D eigenvalue weighted by Gasteiger charge is 2.30. The van der Waals surface area contributed by atoms with Crippen LogP contribution in [0.2, 0.25) is 0 Å². The Morgan fingerprint density at radius 1 is 0.881 bits per heavy atom. The number of anilines is 2. The summed E-state index contributed by atoms with van der Waals surface area (Å²) in [5.41, 5.74) is 4.15. The minimum atomic E-state index is -0.149. The molecule has 2 fully saturated rings. The van der Waals surface area contributed by atoms with Crippen molar-refractivity contribution < 1.29 is 14.4 Å². The fourth-order valence-electron chi connectivity index (χ4n) is 6.25. The third-order valence-electron chi connectivity index (χ3n) is 8.67. The molecule has 42 heavy (non-hydrogen) atoms. The number of hydrogen-bond donors (Lipinski definition) is 1. The predicted molar refractivity (Wildman–Crippen MR) is 168 cm³/mol. The lowest BCUT2D eigenvalue weighted by Gasteiger charge is -2.38. The lowest BCUT2D eigenvalue weighted by molar-refractivity contribution is -0.133. The standard InChI is InChI=1S/C35H42N4O3/c1-3-30(27-14-8-5-9-15-27)35(42)39-22-20-38(21-23-39)32-19-18-29(36-33(40)28-16-10-11-17-28)24-31(32)34(41)37(2)25-26-12-6-4-7-13-26/h4-9,12-15,18-19,24,28,30H,3,10-11,16-17,20-23,25H2,1-2H3,(H,36,40)/t30-/m1/s1. The lowest BCUT2D eigenvalue weighted by Crippen LogP contribution is -2.50. The number of hydrogen-bond acceptors (Lipinski definition) is 4. The van der Waals surface area contributed by atoms with Gasteiger partial charge in [-0.05, 0) is 48.6 Å².